The molecule has 1 heterocycles. The third kappa shape index (κ3) is 2.84. The molecule has 0 radical (unpaired) electrons. The first-order valence-electron chi connectivity index (χ1n) is 6.82. The highest BCUT2D eigenvalue weighted by molar-refractivity contribution is 5.16. The SMILES string of the molecule is CC(N)(CCc1ccccc1)c1noc(C2CC2)n1. The molecule has 0 aliphatic heterocycles. The fourth-order valence-corrected chi connectivity index (χ4v) is 2.12. The van der Waals surface area contributed by atoms with Crippen molar-refractivity contribution in [2.45, 2.75) is 44.1 Å². The van der Waals surface area contributed by atoms with Crippen LogP contribution in [-0.4, -0.2) is 10.1 Å². The van der Waals surface area contributed by atoms with Crippen molar-refractivity contribution in [1.29, 1.82) is 0 Å². The molecule has 1 aromatic heterocycles. The van der Waals surface area contributed by atoms with Crippen LogP contribution in [0.15, 0.2) is 34.9 Å². The lowest BCUT2D eigenvalue weighted by Gasteiger charge is -2.20. The normalized spacial score (nSPS) is 18.2. The molecule has 1 aromatic carbocycles. The summed E-state index contributed by atoms with van der Waals surface area (Å²) in [5.74, 6) is 1.86. The van der Waals surface area contributed by atoms with Crippen LogP contribution in [0.1, 0.15) is 49.4 Å². The fraction of sp³-hybridized carbons (Fsp3) is 0.467. The smallest absolute Gasteiger partial charge is 0.229 e. The molecule has 1 fully saturated rings. The Morgan fingerprint density at radius 2 is 2.05 bits per heavy atom. The predicted molar refractivity (Wildman–Crippen MR) is 72.6 cm³/mol. The van der Waals surface area contributed by atoms with E-state index in [1.165, 1.54) is 5.56 Å². The van der Waals surface area contributed by atoms with E-state index in [4.69, 9.17) is 10.3 Å². The Bertz CT molecular complexity index is 544. The topological polar surface area (TPSA) is 64.9 Å². The van der Waals surface area contributed by atoms with Crippen molar-refractivity contribution in [1.82, 2.24) is 10.1 Å². The fourth-order valence-electron chi connectivity index (χ4n) is 2.12. The summed E-state index contributed by atoms with van der Waals surface area (Å²) in [4.78, 5) is 4.45. The minimum Gasteiger partial charge on any atom is -0.339 e. The van der Waals surface area contributed by atoms with E-state index in [-0.39, 0.29) is 0 Å². The molecule has 0 spiro atoms. The van der Waals surface area contributed by atoms with Crippen LogP contribution >= 0.6 is 0 Å². The standard InChI is InChI=1S/C15H19N3O/c1-15(16,10-9-11-5-3-2-4-6-11)14-17-13(19-18-14)12-7-8-12/h2-6,12H,7-10,16H2,1H3. The van der Waals surface area contributed by atoms with Crippen LogP contribution < -0.4 is 5.73 Å². The molecule has 19 heavy (non-hydrogen) atoms. The second-order valence-electron chi connectivity index (χ2n) is 5.63. The number of aromatic nitrogens is 2. The molecular formula is C15H19N3O. The van der Waals surface area contributed by atoms with Gasteiger partial charge in [0.05, 0.1) is 5.54 Å². The minimum atomic E-state index is -0.535. The van der Waals surface area contributed by atoms with Gasteiger partial charge >= 0.3 is 0 Å². The van der Waals surface area contributed by atoms with E-state index in [1.54, 1.807) is 0 Å². The van der Waals surface area contributed by atoms with Gasteiger partial charge in [0.2, 0.25) is 5.89 Å². The van der Waals surface area contributed by atoms with Crippen molar-refractivity contribution in [3.63, 3.8) is 0 Å². The number of benzene rings is 1. The van der Waals surface area contributed by atoms with Crippen molar-refractivity contribution < 1.29 is 4.52 Å². The van der Waals surface area contributed by atoms with Gasteiger partial charge in [-0.1, -0.05) is 35.5 Å². The summed E-state index contributed by atoms with van der Waals surface area (Å²) in [6.45, 7) is 1.97. The van der Waals surface area contributed by atoms with Gasteiger partial charge in [0.25, 0.3) is 0 Å². The molecule has 1 atom stereocenters. The number of nitrogens with two attached hydrogens (primary N) is 1. The molecule has 3 rings (SSSR count). The molecule has 4 nitrogen and oxygen atoms in total. The van der Waals surface area contributed by atoms with Gasteiger partial charge in [0.15, 0.2) is 5.82 Å². The third-order valence-corrected chi connectivity index (χ3v) is 3.65. The molecule has 100 valence electrons. The second-order valence-corrected chi connectivity index (χ2v) is 5.63. The minimum absolute atomic E-state index is 0.478. The summed E-state index contributed by atoms with van der Waals surface area (Å²) in [5.41, 5.74) is 7.08. The van der Waals surface area contributed by atoms with Crippen LogP contribution in [-0.2, 0) is 12.0 Å². The molecule has 1 unspecified atom stereocenters. The van der Waals surface area contributed by atoms with Gasteiger partial charge in [-0.05, 0) is 38.2 Å². The lowest BCUT2D eigenvalue weighted by molar-refractivity contribution is 0.348. The van der Waals surface area contributed by atoms with Crippen LogP contribution in [0, 0.1) is 0 Å². The van der Waals surface area contributed by atoms with Gasteiger partial charge in [0.1, 0.15) is 0 Å². The van der Waals surface area contributed by atoms with E-state index in [0.717, 1.165) is 31.6 Å². The van der Waals surface area contributed by atoms with Gasteiger partial charge in [0, 0.05) is 5.92 Å². The van der Waals surface area contributed by atoms with Gasteiger partial charge in [-0.15, -0.1) is 0 Å². The second kappa shape index (κ2) is 4.78. The van der Waals surface area contributed by atoms with Gasteiger partial charge in [-0.2, -0.15) is 4.98 Å². The lowest BCUT2D eigenvalue weighted by Crippen LogP contribution is -2.35. The van der Waals surface area contributed by atoms with Crippen LogP contribution in [0.25, 0.3) is 0 Å². The van der Waals surface area contributed by atoms with E-state index in [2.05, 4.69) is 22.3 Å². The van der Waals surface area contributed by atoms with Crippen molar-refractivity contribution in [3.05, 3.63) is 47.6 Å². The first-order chi connectivity index (χ1) is 9.15. The Labute approximate surface area is 113 Å². The van der Waals surface area contributed by atoms with Crippen LogP contribution in [0.5, 0.6) is 0 Å². The van der Waals surface area contributed by atoms with E-state index in [9.17, 15) is 0 Å². The molecule has 2 aromatic rings. The number of aryl methyl sites for hydroxylation is 1. The summed E-state index contributed by atoms with van der Waals surface area (Å²) >= 11 is 0. The van der Waals surface area contributed by atoms with E-state index in [1.807, 2.05) is 25.1 Å². The molecule has 1 aliphatic rings. The Hall–Kier alpha value is -1.68. The number of hydrogen-bond acceptors (Lipinski definition) is 4. The first kappa shape index (κ1) is 12.4. The molecule has 1 saturated carbocycles. The average molecular weight is 257 g/mol. The lowest BCUT2D eigenvalue weighted by atomic mass is 9.93. The quantitative estimate of drug-likeness (QED) is 0.894. The molecule has 0 bridgehead atoms. The number of rotatable bonds is 5. The highest BCUT2D eigenvalue weighted by Crippen LogP contribution is 2.39. The number of nitrogens with zero attached hydrogens (tertiary/aromatic N) is 2. The van der Waals surface area contributed by atoms with Crippen LogP contribution in [0.4, 0.5) is 0 Å². The molecule has 2 N–H and O–H groups in total. The zero-order valence-electron chi connectivity index (χ0n) is 11.2. The monoisotopic (exact) mass is 257 g/mol. The Morgan fingerprint density at radius 1 is 1.32 bits per heavy atom. The largest absolute Gasteiger partial charge is 0.339 e. The highest BCUT2D eigenvalue weighted by Gasteiger charge is 2.33. The Balaban J connectivity index is 1.67. The van der Waals surface area contributed by atoms with Gasteiger partial charge in [-0.3, -0.25) is 0 Å². The number of hydrogen-bond donors (Lipinski definition) is 1. The summed E-state index contributed by atoms with van der Waals surface area (Å²) in [6.07, 6.45) is 4.04. The average Bonchev–Trinajstić information content (AvgIpc) is 3.15. The molecular weight excluding hydrogens is 238 g/mol. The van der Waals surface area contributed by atoms with Crippen molar-refractivity contribution >= 4 is 0 Å². The van der Waals surface area contributed by atoms with E-state index >= 15 is 0 Å². The Morgan fingerprint density at radius 3 is 2.74 bits per heavy atom. The van der Waals surface area contributed by atoms with Gasteiger partial charge < -0.3 is 10.3 Å². The maximum absolute atomic E-state index is 6.33. The molecule has 1 aliphatic carbocycles. The Kier molecular flexibility index (Phi) is 3.11. The molecule has 0 saturated heterocycles. The summed E-state index contributed by atoms with van der Waals surface area (Å²) in [7, 11) is 0. The van der Waals surface area contributed by atoms with Crippen LogP contribution in [0.3, 0.4) is 0 Å². The first-order valence-corrected chi connectivity index (χ1v) is 6.82. The van der Waals surface area contributed by atoms with Crippen LogP contribution in [0.2, 0.25) is 0 Å². The maximum Gasteiger partial charge on any atom is 0.229 e. The van der Waals surface area contributed by atoms with Crippen molar-refractivity contribution in [2.75, 3.05) is 0 Å². The molecule has 4 heteroatoms. The zero-order valence-corrected chi connectivity index (χ0v) is 11.2. The van der Waals surface area contributed by atoms with Gasteiger partial charge in [-0.25, -0.2) is 0 Å². The maximum atomic E-state index is 6.33. The highest BCUT2D eigenvalue weighted by atomic mass is 16.5. The van der Waals surface area contributed by atoms with Crippen molar-refractivity contribution in [3.8, 4) is 0 Å². The summed E-state index contributed by atoms with van der Waals surface area (Å²) < 4.78 is 5.29. The summed E-state index contributed by atoms with van der Waals surface area (Å²) in [6, 6.07) is 10.3. The predicted octanol–water partition coefficient (Wildman–Crippen LogP) is 2.75. The zero-order chi connectivity index (χ0) is 13.3. The third-order valence-electron chi connectivity index (χ3n) is 3.65. The van der Waals surface area contributed by atoms with E-state index in [0.29, 0.717) is 11.7 Å². The van der Waals surface area contributed by atoms with E-state index < -0.39 is 5.54 Å². The van der Waals surface area contributed by atoms with Crippen molar-refractivity contribution in [2.24, 2.45) is 5.73 Å². The molecule has 0 amide bonds. The summed E-state index contributed by atoms with van der Waals surface area (Å²) in [5, 5.41) is 4.05.